The van der Waals surface area contributed by atoms with Crippen LogP contribution >= 0.6 is 15.9 Å². The van der Waals surface area contributed by atoms with E-state index in [2.05, 4.69) is 27.3 Å². The molecule has 0 aliphatic rings. The van der Waals surface area contributed by atoms with Gasteiger partial charge in [0.2, 0.25) is 0 Å². The Morgan fingerprint density at radius 2 is 2.20 bits per heavy atom. The second kappa shape index (κ2) is 4.65. The van der Waals surface area contributed by atoms with E-state index in [9.17, 15) is 5.11 Å². The third-order valence-electron chi connectivity index (χ3n) is 1.81. The molecule has 0 radical (unpaired) electrons. The van der Waals surface area contributed by atoms with Gasteiger partial charge in [-0.25, -0.2) is 0 Å². The van der Waals surface area contributed by atoms with Crippen LogP contribution in [0.2, 0.25) is 0 Å². The fourth-order valence-electron chi connectivity index (χ4n) is 1.04. The topological polar surface area (TPSA) is 56.0 Å². The lowest BCUT2D eigenvalue weighted by Crippen LogP contribution is -2.29. The average Bonchev–Trinajstić information content (AvgIpc) is 2.14. The summed E-state index contributed by atoms with van der Waals surface area (Å²) in [7, 11) is 0. The number of halogens is 1. The number of rotatable bonds is 3. The minimum atomic E-state index is -0.757. The standard InChI is InChI=1S/C11H13BrN2O/c1-11(2,15)7-14-10-4-3-8(6-13)5-9(10)12/h3-5,14-15H,7H2,1-2H3. The second-order valence-corrected chi connectivity index (χ2v) is 4.83. The maximum Gasteiger partial charge on any atom is 0.0992 e. The average molecular weight is 269 g/mol. The molecule has 0 atom stereocenters. The van der Waals surface area contributed by atoms with Crippen molar-refractivity contribution in [3.8, 4) is 6.07 Å². The van der Waals surface area contributed by atoms with Gasteiger partial charge in [-0.15, -0.1) is 0 Å². The molecule has 0 saturated heterocycles. The van der Waals surface area contributed by atoms with Crippen LogP contribution in [0.15, 0.2) is 22.7 Å². The fourth-order valence-corrected chi connectivity index (χ4v) is 1.56. The van der Waals surface area contributed by atoms with E-state index in [1.54, 1.807) is 26.0 Å². The first-order valence-electron chi connectivity index (χ1n) is 4.58. The molecule has 1 aromatic carbocycles. The Hall–Kier alpha value is -1.05. The van der Waals surface area contributed by atoms with Crippen molar-refractivity contribution in [2.75, 3.05) is 11.9 Å². The molecule has 15 heavy (non-hydrogen) atoms. The summed E-state index contributed by atoms with van der Waals surface area (Å²) in [6, 6.07) is 7.35. The zero-order valence-corrected chi connectivity index (χ0v) is 10.3. The van der Waals surface area contributed by atoms with E-state index in [0.717, 1.165) is 10.2 Å². The molecular formula is C11H13BrN2O. The van der Waals surface area contributed by atoms with Crippen LogP contribution in [0.3, 0.4) is 0 Å². The highest BCUT2D eigenvalue weighted by Gasteiger charge is 2.12. The van der Waals surface area contributed by atoms with Crippen molar-refractivity contribution in [1.29, 1.82) is 5.26 Å². The molecule has 2 N–H and O–H groups in total. The van der Waals surface area contributed by atoms with Gasteiger partial charge in [-0.2, -0.15) is 5.26 Å². The Morgan fingerprint density at radius 3 is 2.67 bits per heavy atom. The number of benzene rings is 1. The van der Waals surface area contributed by atoms with Gasteiger partial charge in [0.05, 0.1) is 17.2 Å². The molecule has 80 valence electrons. The maximum atomic E-state index is 9.54. The molecular weight excluding hydrogens is 256 g/mol. The third kappa shape index (κ3) is 3.90. The SMILES string of the molecule is CC(C)(O)CNc1ccc(C#N)cc1Br. The Labute approximate surface area is 97.9 Å². The zero-order chi connectivity index (χ0) is 11.5. The van der Waals surface area contributed by atoms with Crippen molar-refractivity contribution in [2.45, 2.75) is 19.4 Å². The van der Waals surface area contributed by atoms with Gasteiger partial charge >= 0.3 is 0 Å². The molecule has 0 bridgehead atoms. The van der Waals surface area contributed by atoms with E-state index in [0.29, 0.717) is 12.1 Å². The number of anilines is 1. The molecule has 0 spiro atoms. The third-order valence-corrected chi connectivity index (χ3v) is 2.47. The molecule has 0 fully saturated rings. The molecule has 0 heterocycles. The molecule has 0 aliphatic carbocycles. The van der Waals surface area contributed by atoms with Gasteiger partial charge in [-0.3, -0.25) is 0 Å². The van der Waals surface area contributed by atoms with Crippen molar-refractivity contribution in [1.82, 2.24) is 0 Å². The number of hydrogen-bond acceptors (Lipinski definition) is 3. The van der Waals surface area contributed by atoms with Gasteiger partial charge in [0, 0.05) is 16.7 Å². The zero-order valence-electron chi connectivity index (χ0n) is 8.71. The van der Waals surface area contributed by atoms with E-state index < -0.39 is 5.60 Å². The maximum absolute atomic E-state index is 9.54. The molecule has 0 aliphatic heterocycles. The summed E-state index contributed by atoms with van der Waals surface area (Å²) in [5, 5.41) is 21.3. The molecule has 1 aromatic rings. The van der Waals surface area contributed by atoms with Crippen LogP contribution in [-0.4, -0.2) is 17.3 Å². The highest BCUT2D eigenvalue weighted by molar-refractivity contribution is 9.10. The van der Waals surface area contributed by atoms with Crippen molar-refractivity contribution < 1.29 is 5.11 Å². The van der Waals surface area contributed by atoms with E-state index in [1.807, 2.05) is 6.07 Å². The van der Waals surface area contributed by atoms with Crippen LogP contribution in [0, 0.1) is 11.3 Å². The highest BCUT2D eigenvalue weighted by Crippen LogP contribution is 2.23. The minimum Gasteiger partial charge on any atom is -0.389 e. The first-order valence-corrected chi connectivity index (χ1v) is 5.37. The van der Waals surface area contributed by atoms with Crippen molar-refractivity contribution >= 4 is 21.6 Å². The first-order chi connectivity index (χ1) is 6.92. The van der Waals surface area contributed by atoms with Crippen molar-refractivity contribution in [2.24, 2.45) is 0 Å². The van der Waals surface area contributed by atoms with Gasteiger partial charge in [0.15, 0.2) is 0 Å². The molecule has 0 saturated carbocycles. The number of nitriles is 1. The van der Waals surface area contributed by atoms with Gasteiger partial charge in [0.1, 0.15) is 0 Å². The van der Waals surface area contributed by atoms with E-state index in [1.165, 1.54) is 0 Å². The summed E-state index contributed by atoms with van der Waals surface area (Å²) in [5.74, 6) is 0. The summed E-state index contributed by atoms with van der Waals surface area (Å²) >= 11 is 3.36. The molecule has 4 heteroatoms. The van der Waals surface area contributed by atoms with E-state index in [4.69, 9.17) is 5.26 Å². The van der Waals surface area contributed by atoms with Gasteiger partial charge < -0.3 is 10.4 Å². The highest BCUT2D eigenvalue weighted by atomic mass is 79.9. The lowest BCUT2D eigenvalue weighted by atomic mass is 10.1. The number of hydrogen-bond donors (Lipinski definition) is 2. The Bertz CT molecular complexity index is 391. The van der Waals surface area contributed by atoms with Gasteiger partial charge in [-0.05, 0) is 48.0 Å². The van der Waals surface area contributed by atoms with E-state index >= 15 is 0 Å². The fraction of sp³-hybridized carbons (Fsp3) is 0.364. The van der Waals surface area contributed by atoms with Crippen molar-refractivity contribution in [3.05, 3.63) is 28.2 Å². The predicted molar refractivity (Wildman–Crippen MR) is 63.6 cm³/mol. The number of aliphatic hydroxyl groups is 1. The largest absolute Gasteiger partial charge is 0.389 e. The smallest absolute Gasteiger partial charge is 0.0992 e. The summed E-state index contributed by atoms with van der Waals surface area (Å²) in [5.41, 5.74) is 0.722. The second-order valence-electron chi connectivity index (χ2n) is 3.97. The predicted octanol–water partition coefficient (Wildman–Crippen LogP) is 2.50. The van der Waals surface area contributed by atoms with Gasteiger partial charge in [-0.1, -0.05) is 0 Å². The summed E-state index contributed by atoms with van der Waals surface area (Å²) in [4.78, 5) is 0. The molecule has 0 unspecified atom stereocenters. The lowest BCUT2D eigenvalue weighted by Gasteiger charge is -2.19. The minimum absolute atomic E-state index is 0.456. The monoisotopic (exact) mass is 268 g/mol. The number of nitrogens with one attached hydrogen (secondary N) is 1. The van der Waals surface area contributed by atoms with Gasteiger partial charge in [0.25, 0.3) is 0 Å². The van der Waals surface area contributed by atoms with Crippen LogP contribution in [0.25, 0.3) is 0 Å². The molecule has 1 rings (SSSR count). The molecule has 3 nitrogen and oxygen atoms in total. The number of nitrogens with zero attached hydrogens (tertiary/aromatic N) is 1. The Kier molecular flexibility index (Phi) is 3.72. The van der Waals surface area contributed by atoms with Crippen LogP contribution in [-0.2, 0) is 0 Å². The van der Waals surface area contributed by atoms with Crippen LogP contribution in [0.4, 0.5) is 5.69 Å². The Morgan fingerprint density at radius 1 is 1.53 bits per heavy atom. The van der Waals surface area contributed by atoms with Crippen molar-refractivity contribution in [3.63, 3.8) is 0 Å². The quantitative estimate of drug-likeness (QED) is 0.886. The molecule has 0 aromatic heterocycles. The summed E-state index contributed by atoms with van der Waals surface area (Å²) < 4.78 is 0.825. The van der Waals surface area contributed by atoms with E-state index in [-0.39, 0.29) is 0 Å². The van der Waals surface area contributed by atoms with Crippen LogP contribution < -0.4 is 5.32 Å². The summed E-state index contributed by atoms with van der Waals surface area (Å²) in [6.07, 6.45) is 0. The first kappa shape index (κ1) is 12.0. The normalized spacial score (nSPS) is 10.9. The lowest BCUT2D eigenvalue weighted by molar-refractivity contribution is 0.0945. The van der Waals surface area contributed by atoms with Crippen LogP contribution in [0.5, 0.6) is 0 Å². The summed E-state index contributed by atoms with van der Waals surface area (Å²) in [6.45, 7) is 3.92. The van der Waals surface area contributed by atoms with Crippen LogP contribution in [0.1, 0.15) is 19.4 Å². The Balaban J connectivity index is 2.76. The molecule has 0 amide bonds.